The van der Waals surface area contributed by atoms with Gasteiger partial charge in [-0.2, -0.15) is 0 Å². The van der Waals surface area contributed by atoms with E-state index in [1.54, 1.807) is 12.0 Å². The van der Waals surface area contributed by atoms with Crippen molar-refractivity contribution in [3.63, 3.8) is 0 Å². The molecule has 5 nitrogen and oxygen atoms in total. The highest BCUT2D eigenvalue weighted by molar-refractivity contribution is 5.94. The summed E-state index contributed by atoms with van der Waals surface area (Å²) in [6, 6.07) is 28.7. The van der Waals surface area contributed by atoms with Gasteiger partial charge in [-0.05, 0) is 29.8 Å². The first-order valence-electron chi connectivity index (χ1n) is 9.71. The third-order valence-electron chi connectivity index (χ3n) is 4.79. The van der Waals surface area contributed by atoms with Gasteiger partial charge >= 0.3 is 0 Å². The molecule has 0 aliphatic heterocycles. The first-order valence-corrected chi connectivity index (χ1v) is 9.71. The fraction of sp³-hybridized carbons (Fsp3) is 0.120. The van der Waals surface area contributed by atoms with Crippen molar-refractivity contribution < 1.29 is 14.1 Å². The summed E-state index contributed by atoms with van der Waals surface area (Å²) in [4.78, 5) is 14.9. The molecule has 0 saturated heterocycles. The summed E-state index contributed by atoms with van der Waals surface area (Å²) in [6.07, 6.45) is 0. The van der Waals surface area contributed by atoms with Gasteiger partial charge < -0.3 is 14.2 Å². The largest absolute Gasteiger partial charge is 0.497 e. The highest BCUT2D eigenvalue weighted by Gasteiger charge is 2.19. The van der Waals surface area contributed by atoms with Gasteiger partial charge in [0.2, 0.25) is 0 Å². The molecule has 0 atom stereocenters. The lowest BCUT2D eigenvalue weighted by Gasteiger charge is -2.22. The fourth-order valence-corrected chi connectivity index (χ4v) is 3.26. The molecule has 150 valence electrons. The fourth-order valence-electron chi connectivity index (χ4n) is 3.26. The van der Waals surface area contributed by atoms with E-state index in [4.69, 9.17) is 9.26 Å². The Labute approximate surface area is 175 Å². The van der Waals surface area contributed by atoms with E-state index in [0.29, 0.717) is 30.1 Å². The molecule has 0 unspecified atom stereocenters. The molecule has 4 rings (SSSR count). The van der Waals surface area contributed by atoms with Gasteiger partial charge in [-0.25, -0.2) is 0 Å². The maximum absolute atomic E-state index is 13.2. The van der Waals surface area contributed by atoms with Crippen molar-refractivity contribution in [3.05, 3.63) is 108 Å². The molecule has 0 saturated carbocycles. The van der Waals surface area contributed by atoms with E-state index in [1.807, 2.05) is 91.0 Å². The van der Waals surface area contributed by atoms with Crippen LogP contribution < -0.4 is 4.74 Å². The highest BCUT2D eigenvalue weighted by Crippen LogP contribution is 2.25. The number of ether oxygens (including phenoxy) is 1. The van der Waals surface area contributed by atoms with Gasteiger partial charge in [-0.1, -0.05) is 65.8 Å². The smallest absolute Gasteiger partial charge is 0.254 e. The standard InChI is InChI=1S/C25H22N2O3/c1-29-23-14-8-13-21(15-23)24-16-22(26-30-24)18-27(17-19-9-4-2-5-10-19)25(28)20-11-6-3-7-12-20/h2-16H,17-18H2,1H3. The normalized spacial score (nSPS) is 10.6. The Morgan fingerprint density at radius 2 is 1.63 bits per heavy atom. The number of hydrogen-bond acceptors (Lipinski definition) is 4. The molecule has 0 radical (unpaired) electrons. The lowest BCUT2D eigenvalue weighted by Crippen LogP contribution is -2.30. The van der Waals surface area contributed by atoms with Crippen molar-refractivity contribution in [1.82, 2.24) is 10.1 Å². The van der Waals surface area contributed by atoms with E-state index in [9.17, 15) is 4.79 Å². The molecule has 30 heavy (non-hydrogen) atoms. The number of methoxy groups -OCH3 is 1. The summed E-state index contributed by atoms with van der Waals surface area (Å²) < 4.78 is 10.8. The molecular weight excluding hydrogens is 376 g/mol. The van der Waals surface area contributed by atoms with Gasteiger partial charge in [0, 0.05) is 23.7 Å². The van der Waals surface area contributed by atoms with Gasteiger partial charge in [0.05, 0.1) is 13.7 Å². The SMILES string of the molecule is COc1cccc(-c2cc(CN(Cc3ccccc3)C(=O)c3ccccc3)no2)c1. The van der Waals surface area contributed by atoms with Crippen LogP contribution in [0.3, 0.4) is 0 Å². The van der Waals surface area contributed by atoms with Crippen LogP contribution in [0.2, 0.25) is 0 Å². The Morgan fingerprint density at radius 3 is 2.37 bits per heavy atom. The van der Waals surface area contributed by atoms with E-state index in [2.05, 4.69) is 5.16 Å². The summed E-state index contributed by atoms with van der Waals surface area (Å²) >= 11 is 0. The minimum Gasteiger partial charge on any atom is -0.497 e. The summed E-state index contributed by atoms with van der Waals surface area (Å²) in [6.45, 7) is 0.825. The molecule has 0 spiro atoms. The number of aromatic nitrogens is 1. The Hall–Kier alpha value is -3.86. The molecule has 1 aromatic heterocycles. The van der Waals surface area contributed by atoms with Crippen molar-refractivity contribution in [2.75, 3.05) is 7.11 Å². The predicted octanol–water partition coefficient (Wildman–Crippen LogP) is 5.19. The zero-order chi connectivity index (χ0) is 20.8. The second-order valence-electron chi connectivity index (χ2n) is 6.93. The Balaban J connectivity index is 1.58. The molecule has 3 aromatic carbocycles. The number of benzene rings is 3. The topological polar surface area (TPSA) is 55.6 Å². The number of carbonyl (C=O) groups is 1. The molecule has 0 fully saturated rings. The van der Waals surface area contributed by atoms with Crippen LogP contribution in [0.15, 0.2) is 95.5 Å². The highest BCUT2D eigenvalue weighted by atomic mass is 16.5. The summed E-state index contributed by atoms with van der Waals surface area (Å²) in [7, 11) is 1.63. The molecule has 0 aliphatic carbocycles. The third-order valence-corrected chi connectivity index (χ3v) is 4.79. The van der Waals surface area contributed by atoms with E-state index >= 15 is 0 Å². The average molecular weight is 398 g/mol. The van der Waals surface area contributed by atoms with Crippen LogP contribution in [-0.2, 0) is 13.1 Å². The van der Waals surface area contributed by atoms with Gasteiger partial charge in [0.25, 0.3) is 5.91 Å². The van der Waals surface area contributed by atoms with Crippen LogP contribution in [0, 0.1) is 0 Å². The lowest BCUT2D eigenvalue weighted by molar-refractivity contribution is 0.0726. The second kappa shape index (κ2) is 9.09. The number of rotatable bonds is 7. The third kappa shape index (κ3) is 4.58. The zero-order valence-corrected chi connectivity index (χ0v) is 16.7. The Bertz CT molecular complexity index is 1110. The van der Waals surface area contributed by atoms with Gasteiger partial charge in [0.15, 0.2) is 5.76 Å². The van der Waals surface area contributed by atoms with Crippen LogP contribution in [-0.4, -0.2) is 23.1 Å². The molecule has 5 heteroatoms. The predicted molar refractivity (Wildman–Crippen MR) is 115 cm³/mol. The van der Waals surface area contributed by atoms with Crippen LogP contribution >= 0.6 is 0 Å². The first kappa shape index (κ1) is 19.5. The van der Waals surface area contributed by atoms with E-state index < -0.39 is 0 Å². The van der Waals surface area contributed by atoms with E-state index in [-0.39, 0.29) is 5.91 Å². The summed E-state index contributed by atoms with van der Waals surface area (Å²) in [5, 5.41) is 4.20. The number of amides is 1. The number of hydrogen-bond donors (Lipinski definition) is 0. The van der Waals surface area contributed by atoms with Crippen LogP contribution in [0.25, 0.3) is 11.3 Å². The molecule has 0 N–H and O–H groups in total. The van der Waals surface area contributed by atoms with Crippen molar-refractivity contribution in [2.24, 2.45) is 0 Å². The zero-order valence-electron chi connectivity index (χ0n) is 16.7. The monoisotopic (exact) mass is 398 g/mol. The van der Waals surface area contributed by atoms with Crippen molar-refractivity contribution in [2.45, 2.75) is 13.1 Å². The average Bonchev–Trinajstić information content (AvgIpc) is 3.28. The second-order valence-corrected chi connectivity index (χ2v) is 6.93. The quantitative estimate of drug-likeness (QED) is 0.430. The maximum Gasteiger partial charge on any atom is 0.254 e. The molecule has 4 aromatic rings. The van der Waals surface area contributed by atoms with E-state index in [1.165, 1.54) is 0 Å². The Kier molecular flexibility index (Phi) is 5.90. The molecule has 0 aliphatic rings. The Morgan fingerprint density at radius 1 is 0.900 bits per heavy atom. The van der Waals surface area contributed by atoms with Gasteiger partial charge in [-0.15, -0.1) is 0 Å². The number of nitrogens with zero attached hydrogens (tertiary/aromatic N) is 2. The summed E-state index contributed by atoms with van der Waals surface area (Å²) in [5.74, 6) is 1.33. The molecule has 1 amide bonds. The summed E-state index contributed by atoms with van der Waals surface area (Å²) in [5.41, 5.74) is 3.26. The first-order chi connectivity index (χ1) is 14.7. The van der Waals surface area contributed by atoms with E-state index in [0.717, 1.165) is 16.9 Å². The minimum atomic E-state index is -0.0506. The molecule has 1 heterocycles. The molecule has 0 bridgehead atoms. The number of carbonyl (C=O) groups excluding carboxylic acids is 1. The molecular formula is C25H22N2O3. The van der Waals surface area contributed by atoms with Crippen molar-refractivity contribution in [1.29, 1.82) is 0 Å². The van der Waals surface area contributed by atoms with Crippen LogP contribution in [0.4, 0.5) is 0 Å². The lowest BCUT2D eigenvalue weighted by atomic mass is 10.1. The van der Waals surface area contributed by atoms with Gasteiger partial charge in [0.1, 0.15) is 11.4 Å². The van der Waals surface area contributed by atoms with Crippen molar-refractivity contribution in [3.8, 4) is 17.1 Å². The van der Waals surface area contributed by atoms with Gasteiger partial charge in [-0.3, -0.25) is 4.79 Å². The van der Waals surface area contributed by atoms with Crippen LogP contribution in [0.1, 0.15) is 21.6 Å². The minimum absolute atomic E-state index is 0.0506. The van der Waals surface area contributed by atoms with Crippen molar-refractivity contribution >= 4 is 5.91 Å². The maximum atomic E-state index is 13.2. The van der Waals surface area contributed by atoms with Crippen LogP contribution in [0.5, 0.6) is 5.75 Å².